The molecule has 1 N–H and O–H groups in total. The van der Waals surface area contributed by atoms with Crippen molar-refractivity contribution in [1.29, 1.82) is 0 Å². The average molecular weight is 264 g/mol. The summed E-state index contributed by atoms with van der Waals surface area (Å²) in [6.45, 7) is 3.56. The lowest BCUT2D eigenvalue weighted by atomic mass is 10.2. The van der Waals surface area contributed by atoms with Crippen LogP contribution in [0.25, 0.3) is 0 Å². The predicted molar refractivity (Wildman–Crippen MR) is 70.9 cm³/mol. The van der Waals surface area contributed by atoms with Gasteiger partial charge in [0.25, 0.3) is 0 Å². The van der Waals surface area contributed by atoms with Crippen molar-refractivity contribution < 1.29 is 4.74 Å². The van der Waals surface area contributed by atoms with E-state index in [2.05, 4.69) is 20.6 Å². The van der Waals surface area contributed by atoms with Gasteiger partial charge in [-0.25, -0.2) is 4.68 Å². The molecule has 7 nitrogen and oxygen atoms in total. The van der Waals surface area contributed by atoms with Gasteiger partial charge in [-0.3, -0.25) is 0 Å². The Balaban J connectivity index is 1.88. The number of aromatic nitrogens is 5. The van der Waals surface area contributed by atoms with Crippen molar-refractivity contribution in [2.75, 3.05) is 13.7 Å². The van der Waals surface area contributed by atoms with Crippen LogP contribution in [0.15, 0.2) is 6.33 Å². The standard InChI is InChI=1S/C12H20N6O/c1-9-10(12(19-4)18(3)16-9)7-13-6-5-11-15-14-8-17(11)2/h8,13H,5-7H2,1-4H3. The lowest BCUT2D eigenvalue weighted by molar-refractivity contribution is 0.368. The molecule has 2 rings (SSSR count). The molecule has 0 saturated carbocycles. The first-order valence-corrected chi connectivity index (χ1v) is 6.23. The van der Waals surface area contributed by atoms with E-state index in [9.17, 15) is 0 Å². The summed E-state index contributed by atoms with van der Waals surface area (Å²) in [5, 5.41) is 15.6. The maximum atomic E-state index is 5.35. The van der Waals surface area contributed by atoms with E-state index in [1.165, 1.54) is 0 Å². The molecule has 0 unspecified atom stereocenters. The highest BCUT2D eigenvalue weighted by Crippen LogP contribution is 2.20. The number of methoxy groups -OCH3 is 1. The Labute approximate surface area is 112 Å². The zero-order valence-electron chi connectivity index (χ0n) is 11.8. The van der Waals surface area contributed by atoms with Crippen molar-refractivity contribution in [2.24, 2.45) is 14.1 Å². The first-order valence-electron chi connectivity index (χ1n) is 6.23. The zero-order chi connectivity index (χ0) is 13.8. The van der Waals surface area contributed by atoms with E-state index in [1.807, 2.05) is 25.6 Å². The molecule has 0 saturated heterocycles. The Morgan fingerprint density at radius 3 is 2.79 bits per heavy atom. The third kappa shape index (κ3) is 2.93. The molecule has 0 aliphatic carbocycles. The van der Waals surface area contributed by atoms with Gasteiger partial charge in [-0.1, -0.05) is 0 Å². The largest absolute Gasteiger partial charge is 0.481 e. The molecule has 0 bridgehead atoms. The maximum Gasteiger partial charge on any atom is 0.216 e. The molecule has 0 spiro atoms. The lowest BCUT2D eigenvalue weighted by Crippen LogP contribution is -2.18. The summed E-state index contributed by atoms with van der Waals surface area (Å²) in [7, 11) is 5.50. The van der Waals surface area contributed by atoms with E-state index >= 15 is 0 Å². The van der Waals surface area contributed by atoms with Gasteiger partial charge in [0.15, 0.2) is 0 Å². The number of aryl methyl sites for hydroxylation is 3. The van der Waals surface area contributed by atoms with Crippen molar-refractivity contribution in [3.63, 3.8) is 0 Å². The van der Waals surface area contributed by atoms with E-state index in [4.69, 9.17) is 4.74 Å². The van der Waals surface area contributed by atoms with Gasteiger partial charge >= 0.3 is 0 Å². The number of nitrogens with one attached hydrogen (secondary N) is 1. The summed E-state index contributed by atoms with van der Waals surface area (Å²) in [5.41, 5.74) is 2.09. The van der Waals surface area contributed by atoms with Crippen LogP contribution in [0.1, 0.15) is 17.1 Å². The molecule has 19 heavy (non-hydrogen) atoms. The van der Waals surface area contributed by atoms with Crippen LogP contribution in [0, 0.1) is 6.92 Å². The van der Waals surface area contributed by atoms with E-state index in [1.54, 1.807) is 18.1 Å². The highest BCUT2D eigenvalue weighted by molar-refractivity contribution is 5.30. The molecular formula is C12H20N6O. The second-order valence-electron chi connectivity index (χ2n) is 4.48. The second kappa shape index (κ2) is 5.83. The first-order chi connectivity index (χ1) is 9.13. The molecule has 0 radical (unpaired) electrons. The van der Waals surface area contributed by atoms with E-state index in [0.29, 0.717) is 0 Å². The Hall–Kier alpha value is -1.89. The second-order valence-corrected chi connectivity index (χ2v) is 4.48. The molecule has 0 fully saturated rings. The summed E-state index contributed by atoms with van der Waals surface area (Å²) < 4.78 is 9.04. The van der Waals surface area contributed by atoms with Gasteiger partial charge in [-0.05, 0) is 6.92 Å². The zero-order valence-corrected chi connectivity index (χ0v) is 11.8. The van der Waals surface area contributed by atoms with Gasteiger partial charge in [0, 0.05) is 33.6 Å². The van der Waals surface area contributed by atoms with Gasteiger partial charge in [-0.15, -0.1) is 10.2 Å². The van der Waals surface area contributed by atoms with Crippen LogP contribution in [0.2, 0.25) is 0 Å². The van der Waals surface area contributed by atoms with Crippen molar-refractivity contribution >= 4 is 0 Å². The molecule has 2 aromatic heterocycles. The Morgan fingerprint density at radius 2 is 2.16 bits per heavy atom. The minimum absolute atomic E-state index is 0.737. The van der Waals surface area contributed by atoms with Crippen molar-refractivity contribution in [3.8, 4) is 5.88 Å². The van der Waals surface area contributed by atoms with Crippen LogP contribution in [-0.4, -0.2) is 38.2 Å². The van der Waals surface area contributed by atoms with E-state index in [0.717, 1.165) is 42.5 Å². The van der Waals surface area contributed by atoms with E-state index in [-0.39, 0.29) is 0 Å². The Kier molecular flexibility index (Phi) is 4.16. The van der Waals surface area contributed by atoms with Crippen LogP contribution in [0.3, 0.4) is 0 Å². The van der Waals surface area contributed by atoms with Gasteiger partial charge in [0.2, 0.25) is 5.88 Å². The topological polar surface area (TPSA) is 69.8 Å². The summed E-state index contributed by atoms with van der Waals surface area (Å²) in [6.07, 6.45) is 2.56. The molecule has 0 aliphatic rings. The fourth-order valence-corrected chi connectivity index (χ4v) is 2.09. The Bertz CT molecular complexity index is 544. The number of rotatable bonds is 6. The number of hydrogen-bond donors (Lipinski definition) is 1. The highest BCUT2D eigenvalue weighted by atomic mass is 16.5. The minimum atomic E-state index is 0.737. The third-order valence-corrected chi connectivity index (χ3v) is 3.11. The van der Waals surface area contributed by atoms with Crippen LogP contribution >= 0.6 is 0 Å². The quantitative estimate of drug-likeness (QED) is 0.755. The smallest absolute Gasteiger partial charge is 0.216 e. The first kappa shape index (κ1) is 13.5. The molecule has 104 valence electrons. The summed E-state index contributed by atoms with van der Waals surface area (Å²) in [4.78, 5) is 0. The van der Waals surface area contributed by atoms with Crippen molar-refractivity contribution in [1.82, 2.24) is 29.9 Å². The summed E-state index contributed by atoms with van der Waals surface area (Å²) in [6, 6.07) is 0. The van der Waals surface area contributed by atoms with Crippen molar-refractivity contribution in [3.05, 3.63) is 23.4 Å². The summed E-state index contributed by atoms with van der Waals surface area (Å²) >= 11 is 0. The lowest BCUT2D eigenvalue weighted by Gasteiger charge is -2.06. The SMILES string of the molecule is COc1c(CNCCc2nncn2C)c(C)nn1C. The van der Waals surface area contributed by atoms with Crippen molar-refractivity contribution in [2.45, 2.75) is 19.9 Å². The predicted octanol–water partition coefficient (Wildman–Crippen LogP) is 0.198. The van der Waals surface area contributed by atoms with Gasteiger partial charge in [0.05, 0.1) is 18.4 Å². The van der Waals surface area contributed by atoms with Crippen LogP contribution < -0.4 is 10.1 Å². The van der Waals surface area contributed by atoms with Crippen LogP contribution in [-0.2, 0) is 27.1 Å². The molecule has 0 aromatic carbocycles. The molecule has 7 heteroatoms. The third-order valence-electron chi connectivity index (χ3n) is 3.11. The number of nitrogens with zero attached hydrogens (tertiary/aromatic N) is 5. The van der Waals surface area contributed by atoms with Crippen LogP contribution in [0.5, 0.6) is 5.88 Å². The molecular weight excluding hydrogens is 244 g/mol. The number of hydrogen-bond acceptors (Lipinski definition) is 5. The molecule has 0 atom stereocenters. The monoisotopic (exact) mass is 264 g/mol. The molecule has 0 amide bonds. The summed E-state index contributed by atoms with van der Waals surface area (Å²) in [5.74, 6) is 1.78. The fourth-order valence-electron chi connectivity index (χ4n) is 2.09. The maximum absolute atomic E-state index is 5.35. The van der Waals surface area contributed by atoms with Gasteiger partial charge in [0.1, 0.15) is 12.2 Å². The minimum Gasteiger partial charge on any atom is -0.481 e. The van der Waals surface area contributed by atoms with Crippen LogP contribution in [0.4, 0.5) is 0 Å². The van der Waals surface area contributed by atoms with Gasteiger partial charge in [-0.2, -0.15) is 5.10 Å². The number of ether oxygens (including phenoxy) is 1. The normalized spacial score (nSPS) is 10.9. The molecule has 2 heterocycles. The molecule has 0 aliphatic heterocycles. The highest BCUT2D eigenvalue weighted by Gasteiger charge is 2.13. The average Bonchev–Trinajstić information content (AvgIpc) is 2.89. The molecule has 2 aromatic rings. The van der Waals surface area contributed by atoms with Gasteiger partial charge < -0.3 is 14.6 Å². The fraction of sp³-hybridized carbons (Fsp3) is 0.583. The Morgan fingerprint density at radius 1 is 1.37 bits per heavy atom. The van der Waals surface area contributed by atoms with E-state index < -0.39 is 0 Å².